The maximum absolute atomic E-state index is 5.50. The van der Waals surface area contributed by atoms with Gasteiger partial charge in [-0.25, -0.2) is 9.97 Å². The normalized spacial score (nSPS) is 12.1. The topological polar surface area (TPSA) is 63.8 Å². The molecule has 0 fully saturated rings. The summed E-state index contributed by atoms with van der Waals surface area (Å²) in [6.45, 7) is 2.10. The van der Waals surface area contributed by atoms with Crippen molar-refractivity contribution in [3.8, 4) is 0 Å². The number of anilines is 1. The fourth-order valence-electron chi connectivity index (χ4n) is 1.15. The molecule has 1 rings (SSSR count). The Hall–Kier alpha value is -0.880. The fourth-order valence-corrected chi connectivity index (χ4v) is 1.86. The highest BCUT2D eigenvalue weighted by molar-refractivity contribution is 7.98. The molecule has 1 heterocycles. The number of aromatic nitrogens is 2. The maximum Gasteiger partial charge on any atom is 0.223 e. The van der Waals surface area contributed by atoms with Gasteiger partial charge in [-0.3, -0.25) is 0 Å². The van der Waals surface area contributed by atoms with Gasteiger partial charge in [-0.05, 0) is 31.4 Å². The molecule has 1 unspecified atom stereocenters. The first-order valence-corrected chi connectivity index (χ1v) is 6.82. The molecule has 0 spiro atoms. The first-order valence-electron chi connectivity index (χ1n) is 5.02. The number of nitrogens with one attached hydrogen (secondary N) is 1. The third kappa shape index (κ3) is 4.32. The molecular weight excluding hydrogens is 240 g/mol. The lowest BCUT2D eigenvalue weighted by atomic mass is 10.3. The van der Waals surface area contributed by atoms with Gasteiger partial charge in [0.2, 0.25) is 5.95 Å². The maximum atomic E-state index is 5.50. The lowest BCUT2D eigenvalue weighted by Gasteiger charge is -2.13. The van der Waals surface area contributed by atoms with Crippen molar-refractivity contribution in [2.75, 3.05) is 17.3 Å². The minimum atomic E-state index is 0.294. The van der Waals surface area contributed by atoms with Crippen LogP contribution in [-0.2, 0) is 0 Å². The van der Waals surface area contributed by atoms with E-state index >= 15 is 0 Å². The Labute approximate surface area is 105 Å². The molecule has 0 saturated heterocycles. The Morgan fingerprint density at radius 3 is 3.06 bits per heavy atom. The predicted octanol–water partition coefficient (Wildman–Crippen LogP) is 1.66. The summed E-state index contributed by atoms with van der Waals surface area (Å²) < 4.78 is 0. The number of rotatable bonds is 6. The number of thiocarbonyl (C=S) groups is 1. The van der Waals surface area contributed by atoms with Crippen molar-refractivity contribution < 1.29 is 0 Å². The molecule has 1 aromatic heterocycles. The molecule has 0 aromatic carbocycles. The minimum Gasteiger partial charge on any atom is -0.388 e. The molecule has 88 valence electrons. The van der Waals surface area contributed by atoms with Crippen LogP contribution in [0.2, 0.25) is 0 Å². The number of nitrogens with two attached hydrogens (primary N) is 1. The predicted molar refractivity (Wildman–Crippen MR) is 74.0 cm³/mol. The van der Waals surface area contributed by atoms with Gasteiger partial charge in [0, 0.05) is 12.2 Å². The Balaban J connectivity index is 2.59. The van der Waals surface area contributed by atoms with E-state index in [1.807, 2.05) is 11.8 Å². The molecule has 0 saturated carbocycles. The van der Waals surface area contributed by atoms with E-state index < -0.39 is 0 Å². The van der Waals surface area contributed by atoms with Gasteiger partial charge >= 0.3 is 0 Å². The smallest absolute Gasteiger partial charge is 0.223 e. The van der Waals surface area contributed by atoms with Gasteiger partial charge in [-0.15, -0.1) is 0 Å². The number of hydrogen-bond donors (Lipinski definition) is 2. The van der Waals surface area contributed by atoms with Gasteiger partial charge in [0.25, 0.3) is 0 Å². The first kappa shape index (κ1) is 13.2. The third-order valence-electron chi connectivity index (χ3n) is 2.04. The highest BCUT2D eigenvalue weighted by Crippen LogP contribution is 2.06. The molecule has 4 nitrogen and oxygen atoms in total. The molecule has 0 radical (unpaired) electrons. The average Bonchev–Trinajstić information content (AvgIpc) is 2.26. The van der Waals surface area contributed by atoms with Crippen molar-refractivity contribution >= 4 is 34.9 Å². The molecule has 0 bridgehead atoms. The number of hydrogen-bond acceptors (Lipinski definition) is 5. The highest BCUT2D eigenvalue weighted by atomic mass is 32.2. The summed E-state index contributed by atoms with van der Waals surface area (Å²) in [4.78, 5) is 8.64. The van der Waals surface area contributed by atoms with Crippen LogP contribution in [-0.4, -0.2) is 33.0 Å². The molecule has 16 heavy (non-hydrogen) atoms. The number of nitrogens with zero attached hydrogens (tertiary/aromatic N) is 2. The molecule has 3 N–H and O–H groups in total. The average molecular weight is 256 g/mol. The number of thioether (sulfide) groups is 1. The summed E-state index contributed by atoms with van der Waals surface area (Å²) in [7, 11) is 0. The molecule has 0 amide bonds. The molecule has 6 heteroatoms. The van der Waals surface area contributed by atoms with Crippen molar-refractivity contribution in [1.29, 1.82) is 0 Å². The van der Waals surface area contributed by atoms with Crippen LogP contribution in [0, 0.1) is 0 Å². The van der Waals surface area contributed by atoms with Crippen LogP contribution >= 0.6 is 24.0 Å². The Kier molecular flexibility index (Phi) is 5.48. The van der Waals surface area contributed by atoms with E-state index in [2.05, 4.69) is 28.5 Å². The van der Waals surface area contributed by atoms with Gasteiger partial charge in [0.1, 0.15) is 10.7 Å². The lowest BCUT2D eigenvalue weighted by Crippen LogP contribution is -2.19. The molecular formula is C10H16N4S2. The monoisotopic (exact) mass is 256 g/mol. The van der Waals surface area contributed by atoms with Gasteiger partial charge in [-0.2, -0.15) is 11.8 Å². The zero-order chi connectivity index (χ0) is 12.0. The molecule has 0 aliphatic rings. The minimum absolute atomic E-state index is 0.294. The summed E-state index contributed by atoms with van der Waals surface area (Å²) in [5, 5.41) is 3.22. The van der Waals surface area contributed by atoms with Crippen molar-refractivity contribution in [1.82, 2.24) is 9.97 Å². The highest BCUT2D eigenvalue weighted by Gasteiger charge is 2.05. The van der Waals surface area contributed by atoms with Crippen LogP contribution in [0.5, 0.6) is 0 Å². The Bertz CT molecular complexity index is 356. The van der Waals surface area contributed by atoms with Crippen molar-refractivity contribution in [3.05, 3.63) is 18.0 Å². The Morgan fingerprint density at radius 1 is 1.69 bits per heavy atom. The van der Waals surface area contributed by atoms with Crippen molar-refractivity contribution in [2.24, 2.45) is 5.73 Å². The van der Waals surface area contributed by atoms with E-state index in [1.165, 1.54) is 0 Å². The second-order valence-corrected chi connectivity index (χ2v) is 4.88. The van der Waals surface area contributed by atoms with E-state index in [0.717, 1.165) is 12.2 Å². The van der Waals surface area contributed by atoms with Crippen LogP contribution in [0.15, 0.2) is 12.3 Å². The lowest BCUT2D eigenvalue weighted by molar-refractivity contribution is 0.760. The van der Waals surface area contributed by atoms with Crippen LogP contribution < -0.4 is 11.1 Å². The van der Waals surface area contributed by atoms with E-state index in [1.54, 1.807) is 12.3 Å². The van der Waals surface area contributed by atoms with E-state index in [4.69, 9.17) is 18.0 Å². The largest absolute Gasteiger partial charge is 0.388 e. The van der Waals surface area contributed by atoms with Crippen molar-refractivity contribution in [3.63, 3.8) is 0 Å². The van der Waals surface area contributed by atoms with Gasteiger partial charge in [0.05, 0.1) is 0 Å². The zero-order valence-corrected chi connectivity index (χ0v) is 11.1. The zero-order valence-electron chi connectivity index (χ0n) is 9.43. The summed E-state index contributed by atoms with van der Waals surface area (Å²) in [6, 6.07) is 2.05. The summed E-state index contributed by atoms with van der Waals surface area (Å²) >= 11 is 6.69. The van der Waals surface area contributed by atoms with E-state index in [0.29, 0.717) is 22.7 Å². The van der Waals surface area contributed by atoms with Crippen molar-refractivity contribution in [2.45, 2.75) is 19.4 Å². The van der Waals surface area contributed by atoms with Gasteiger partial charge < -0.3 is 11.1 Å². The SMILES string of the molecule is CSCCC(C)Nc1nccc(C(N)=S)n1. The molecule has 0 aliphatic carbocycles. The summed E-state index contributed by atoms with van der Waals surface area (Å²) in [5.74, 6) is 1.70. The molecule has 0 aliphatic heterocycles. The van der Waals surface area contributed by atoms with Crippen LogP contribution in [0.4, 0.5) is 5.95 Å². The van der Waals surface area contributed by atoms with Crippen LogP contribution in [0.3, 0.4) is 0 Å². The van der Waals surface area contributed by atoms with E-state index in [9.17, 15) is 0 Å². The van der Waals surface area contributed by atoms with Crippen LogP contribution in [0.1, 0.15) is 19.0 Å². The Morgan fingerprint density at radius 2 is 2.44 bits per heavy atom. The second-order valence-electron chi connectivity index (χ2n) is 3.46. The third-order valence-corrected chi connectivity index (χ3v) is 2.89. The van der Waals surface area contributed by atoms with E-state index in [-0.39, 0.29) is 0 Å². The standard InChI is InChI=1S/C10H16N4S2/c1-7(4-6-16-2)13-10-12-5-3-8(14-10)9(11)15/h3,5,7H,4,6H2,1-2H3,(H2,11,15)(H,12,13,14). The summed E-state index contributed by atoms with van der Waals surface area (Å²) in [6.07, 6.45) is 4.82. The first-order chi connectivity index (χ1) is 7.63. The van der Waals surface area contributed by atoms with Gasteiger partial charge in [-0.1, -0.05) is 12.2 Å². The molecule has 1 atom stereocenters. The molecule has 1 aromatic rings. The summed E-state index contributed by atoms with van der Waals surface area (Å²) in [5.41, 5.74) is 6.11. The second kappa shape index (κ2) is 6.65. The van der Waals surface area contributed by atoms with Gasteiger partial charge in [0.15, 0.2) is 0 Å². The quantitative estimate of drug-likeness (QED) is 0.755. The van der Waals surface area contributed by atoms with Crippen LogP contribution in [0.25, 0.3) is 0 Å². The fraction of sp³-hybridized carbons (Fsp3) is 0.500.